The average Bonchev–Trinajstić information content (AvgIpc) is 2.98. The van der Waals surface area contributed by atoms with Crippen molar-refractivity contribution in [2.24, 2.45) is 11.3 Å². The van der Waals surface area contributed by atoms with Crippen LogP contribution in [0.25, 0.3) is 0 Å². The van der Waals surface area contributed by atoms with Crippen molar-refractivity contribution in [2.45, 2.75) is 32.3 Å². The smallest absolute Gasteiger partial charge is 0.407 e. The van der Waals surface area contributed by atoms with E-state index in [0.29, 0.717) is 19.4 Å². The van der Waals surface area contributed by atoms with Crippen molar-refractivity contribution < 1.29 is 14.6 Å². The summed E-state index contributed by atoms with van der Waals surface area (Å²) in [4.78, 5) is 11.6. The van der Waals surface area contributed by atoms with Crippen LogP contribution >= 0.6 is 0 Å². The molecule has 1 saturated carbocycles. The molecule has 1 aliphatic carbocycles. The number of carbonyl (C=O) groups excluding carboxylic acids is 1. The Morgan fingerprint density at radius 1 is 1.45 bits per heavy atom. The quantitative estimate of drug-likeness (QED) is 0.846. The molecule has 22 heavy (non-hydrogen) atoms. The number of aliphatic hydroxyl groups is 1. The van der Waals surface area contributed by atoms with Crippen LogP contribution in [0, 0.1) is 22.7 Å². The number of ether oxygens (including phenoxy) is 1. The second-order valence-corrected chi connectivity index (χ2v) is 5.92. The van der Waals surface area contributed by atoms with Gasteiger partial charge < -0.3 is 15.2 Å². The number of aliphatic hydroxyl groups excluding tert-OH is 1. The van der Waals surface area contributed by atoms with Gasteiger partial charge in [0.2, 0.25) is 0 Å². The van der Waals surface area contributed by atoms with Crippen molar-refractivity contribution >= 4 is 6.09 Å². The van der Waals surface area contributed by atoms with E-state index in [1.807, 2.05) is 30.3 Å². The van der Waals surface area contributed by atoms with E-state index in [4.69, 9.17) is 4.74 Å². The van der Waals surface area contributed by atoms with E-state index in [0.717, 1.165) is 18.4 Å². The maximum Gasteiger partial charge on any atom is 0.407 e. The van der Waals surface area contributed by atoms with Crippen molar-refractivity contribution in [2.75, 3.05) is 13.2 Å². The predicted octanol–water partition coefficient (Wildman–Crippen LogP) is 2.61. The molecule has 2 unspecified atom stereocenters. The van der Waals surface area contributed by atoms with E-state index in [1.54, 1.807) is 0 Å². The minimum absolute atomic E-state index is 0.135. The fraction of sp³-hybridized carbons (Fsp3) is 0.529. The summed E-state index contributed by atoms with van der Waals surface area (Å²) in [5.74, 6) is 0.213. The Hall–Kier alpha value is -2.06. The first-order valence-corrected chi connectivity index (χ1v) is 7.64. The van der Waals surface area contributed by atoms with Crippen LogP contribution in [0.3, 0.4) is 0 Å². The number of rotatable bonds is 6. The summed E-state index contributed by atoms with van der Waals surface area (Å²) in [7, 11) is 0. The summed E-state index contributed by atoms with van der Waals surface area (Å²) in [5.41, 5.74) is 0.521. The van der Waals surface area contributed by atoms with Gasteiger partial charge in [0, 0.05) is 13.2 Å². The molecule has 0 bridgehead atoms. The molecule has 5 heteroatoms. The molecule has 1 aromatic carbocycles. The van der Waals surface area contributed by atoms with Crippen molar-refractivity contribution in [3.63, 3.8) is 0 Å². The van der Waals surface area contributed by atoms with Crippen LogP contribution in [-0.2, 0) is 11.3 Å². The van der Waals surface area contributed by atoms with E-state index in [2.05, 4.69) is 11.4 Å². The Morgan fingerprint density at radius 2 is 2.23 bits per heavy atom. The Balaban J connectivity index is 1.69. The second-order valence-electron chi connectivity index (χ2n) is 5.92. The summed E-state index contributed by atoms with van der Waals surface area (Å²) in [6.45, 7) is 0.790. The number of nitriles is 1. The number of nitrogens with one attached hydrogen (secondary N) is 1. The molecule has 1 aliphatic rings. The third-order valence-electron chi connectivity index (χ3n) is 4.29. The first-order chi connectivity index (χ1) is 10.7. The van der Waals surface area contributed by atoms with Gasteiger partial charge in [0.25, 0.3) is 0 Å². The molecule has 0 aromatic heterocycles. The van der Waals surface area contributed by atoms with Gasteiger partial charge in [0.15, 0.2) is 0 Å². The highest BCUT2D eigenvalue weighted by Gasteiger charge is 2.38. The third kappa shape index (κ3) is 4.47. The standard InChI is InChI=1S/C17H22N2O3/c18-13-17(7-6-15(10-17)11-20)8-9-19-16(21)22-12-14-4-2-1-3-5-14/h1-5,15,20H,6-12H2,(H,19,21). The normalized spacial score (nSPS) is 23.7. The average molecular weight is 302 g/mol. The number of hydrogen-bond acceptors (Lipinski definition) is 4. The number of alkyl carbamates (subject to hydrolysis) is 1. The topological polar surface area (TPSA) is 82.4 Å². The van der Waals surface area contributed by atoms with Crippen LogP contribution in [0.1, 0.15) is 31.2 Å². The van der Waals surface area contributed by atoms with Gasteiger partial charge >= 0.3 is 6.09 Å². The monoisotopic (exact) mass is 302 g/mol. The lowest BCUT2D eigenvalue weighted by atomic mass is 9.83. The summed E-state index contributed by atoms with van der Waals surface area (Å²) in [5, 5.41) is 21.3. The fourth-order valence-electron chi connectivity index (χ4n) is 2.96. The highest BCUT2D eigenvalue weighted by atomic mass is 16.5. The number of carbonyl (C=O) groups is 1. The second kappa shape index (κ2) is 7.81. The predicted molar refractivity (Wildman–Crippen MR) is 81.7 cm³/mol. The minimum Gasteiger partial charge on any atom is -0.445 e. The van der Waals surface area contributed by atoms with Crippen molar-refractivity contribution in [1.29, 1.82) is 5.26 Å². The van der Waals surface area contributed by atoms with E-state index >= 15 is 0 Å². The van der Waals surface area contributed by atoms with Gasteiger partial charge in [0.1, 0.15) is 6.61 Å². The van der Waals surface area contributed by atoms with E-state index in [1.165, 1.54) is 0 Å². The molecular formula is C17H22N2O3. The van der Waals surface area contributed by atoms with Crippen LogP contribution in [0.5, 0.6) is 0 Å². The molecule has 1 aromatic rings. The summed E-state index contributed by atoms with van der Waals surface area (Å²) in [6, 6.07) is 11.9. The number of amides is 1. The number of hydrogen-bond donors (Lipinski definition) is 2. The van der Waals surface area contributed by atoms with Crippen molar-refractivity contribution in [3.8, 4) is 6.07 Å². The fourth-order valence-corrected chi connectivity index (χ4v) is 2.96. The first kappa shape index (κ1) is 16.3. The van der Waals surface area contributed by atoms with Gasteiger partial charge in [-0.25, -0.2) is 4.79 Å². The van der Waals surface area contributed by atoms with Crippen molar-refractivity contribution in [1.82, 2.24) is 5.32 Å². The molecule has 2 atom stereocenters. The lowest BCUT2D eigenvalue weighted by Crippen LogP contribution is -2.29. The molecule has 0 aliphatic heterocycles. The van der Waals surface area contributed by atoms with Crippen LogP contribution in [0.2, 0.25) is 0 Å². The Labute approximate surface area is 130 Å². The van der Waals surface area contributed by atoms with Crippen molar-refractivity contribution in [3.05, 3.63) is 35.9 Å². The van der Waals surface area contributed by atoms with Gasteiger partial charge in [0.05, 0.1) is 11.5 Å². The molecular weight excluding hydrogens is 280 g/mol. The van der Waals surface area contributed by atoms with Gasteiger partial charge in [-0.3, -0.25) is 0 Å². The molecule has 1 amide bonds. The molecule has 2 rings (SSSR count). The van der Waals surface area contributed by atoms with E-state index in [-0.39, 0.29) is 19.1 Å². The highest BCUT2D eigenvalue weighted by Crippen LogP contribution is 2.43. The van der Waals surface area contributed by atoms with Crippen LogP contribution in [0.4, 0.5) is 4.79 Å². The molecule has 118 valence electrons. The van der Waals surface area contributed by atoms with Gasteiger partial charge in [-0.1, -0.05) is 30.3 Å². The zero-order chi connectivity index (χ0) is 15.8. The first-order valence-electron chi connectivity index (χ1n) is 7.64. The van der Waals surface area contributed by atoms with Crippen LogP contribution in [0.15, 0.2) is 30.3 Å². The Kier molecular flexibility index (Phi) is 5.79. The lowest BCUT2D eigenvalue weighted by molar-refractivity contribution is 0.138. The van der Waals surface area contributed by atoms with E-state index in [9.17, 15) is 15.2 Å². The lowest BCUT2D eigenvalue weighted by Gasteiger charge is -2.20. The summed E-state index contributed by atoms with van der Waals surface area (Å²) in [6.07, 6.45) is 2.51. The molecule has 0 saturated heterocycles. The van der Waals surface area contributed by atoms with Gasteiger partial charge in [-0.15, -0.1) is 0 Å². The summed E-state index contributed by atoms with van der Waals surface area (Å²) < 4.78 is 5.13. The SMILES string of the molecule is N#CC1(CCNC(=O)OCc2ccccc2)CCC(CO)C1. The van der Waals surface area contributed by atoms with E-state index < -0.39 is 11.5 Å². The number of benzene rings is 1. The molecule has 1 fully saturated rings. The molecule has 0 heterocycles. The van der Waals surface area contributed by atoms with Gasteiger partial charge in [-0.2, -0.15) is 5.26 Å². The van der Waals surface area contributed by atoms with Gasteiger partial charge in [-0.05, 0) is 37.2 Å². The molecule has 0 spiro atoms. The molecule has 5 nitrogen and oxygen atoms in total. The maximum absolute atomic E-state index is 11.6. The highest BCUT2D eigenvalue weighted by molar-refractivity contribution is 5.67. The largest absolute Gasteiger partial charge is 0.445 e. The third-order valence-corrected chi connectivity index (χ3v) is 4.29. The molecule has 2 N–H and O–H groups in total. The summed E-state index contributed by atoms with van der Waals surface area (Å²) >= 11 is 0. The number of nitrogens with zero attached hydrogens (tertiary/aromatic N) is 1. The zero-order valence-corrected chi connectivity index (χ0v) is 12.6. The Bertz CT molecular complexity index is 526. The van der Waals surface area contributed by atoms with Crippen LogP contribution < -0.4 is 5.32 Å². The minimum atomic E-state index is -0.464. The van der Waals surface area contributed by atoms with Crippen LogP contribution in [-0.4, -0.2) is 24.4 Å². The molecule has 0 radical (unpaired) electrons. The zero-order valence-electron chi connectivity index (χ0n) is 12.6. The maximum atomic E-state index is 11.6. The Morgan fingerprint density at radius 3 is 2.86 bits per heavy atom.